The Balaban J connectivity index is 2.00. The summed E-state index contributed by atoms with van der Waals surface area (Å²) in [6, 6.07) is 14.1. The summed E-state index contributed by atoms with van der Waals surface area (Å²) in [4.78, 5) is 4.77. The van der Waals surface area contributed by atoms with Crippen LogP contribution in [0.2, 0.25) is 0 Å². The first kappa shape index (κ1) is 12.0. The van der Waals surface area contributed by atoms with Gasteiger partial charge in [0.25, 0.3) is 0 Å². The lowest BCUT2D eigenvalue weighted by Gasteiger charge is -2.07. The lowest BCUT2D eigenvalue weighted by atomic mass is 10.2. The molecule has 0 atom stereocenters. The molecular formula is C16H13BrN2O. The molecule has 0 bridgehead atoms. The van der Waals surface area contributed by atoms with E-state index in [-0.39, 0.29) is 5.75 Å². The molecule has 1 N–H and O–H groups in total. The van der Waals surface area contributed by atoms with Crippen molar-refractivity contribution in [3.05, 3.63) is 46.9 Å². The molecule has 0 saturated heterocycles. The summed E-state index contributed by atoms with van der Waals surface area (Å²) in [5.41, 5.74) is 3.11. The van der Waals surface area contributed by atoms with Crippen LogP contribution in [0.25, 0.3) is 22.4 Å². The third-order valence-corrected chi connectivity index (χ3v) is 4.16. The molecule has 1 fully saturated rings. The number of aromatic hydroxyl groups is 1. The van der Waals surface area contributed by atoms with Crippen LogP contribution >= 0.6 is 15.9 Å². The van der Waals surface area contributed by atoms with Crippen LogP contribution in [0.1, 0.15) is 18.9 Å². The van der Waals surface area contributed by atoms with Gasteiger partial charge in [0.2, 0.25) is 0 Å². The summed E-state index contributed by atoms with van der Waals surface area (Å²) in [5, 5.41) is 9.69. The van der Waals surface area contributed by atoms with Crippen LogP contribution in [-0.2, 0) is 0 Å². The predicted octanol–water partition coefficient (Wildman–Crippen LogP) is 4.51. The van der Waals surface area contributed by atoms with Crippen molar-refractivity contribution in [3.63, 3.8) is 0 Å². The average Bonchev–Trinajstić information content (AvgIpc) is 3.19. The Morgan fingerprint density at radius 3 is 2.75 bits per heavy atom. The van der Waals surface area contributed by atoms with Crippen molar-refractivity contribution in [1.82, 2.24) is 9.55 Å². The molecule has 0 amide bonds. The molecule has 4 heteroatoms. The third-order valence-electron chi connectivity index (χ3n) is 3.67. The highest BCUT2D eigenvalue weighted by molar-refractivity contribution is 9.10. The summed E-state index contributed by atoms with van der Waals surface area (Å²) in [6.07, 6.45) is 2.40. The number of halogens is 1. The van der Waals surface area contributed by atoms with Gasteiger partial charge in [0.1, 0.15) is 11.6 Å². The van der Waals surface area contributed by atoms with E-state index in [0.29, 0.717) is 6.04 Å². The Morgan fingerprint density at radius 1 is 1.15 bits per heavy atom. The number of rotatable bonds is 2. The Labute approximate surface area is 125 Å². The number of phenolic OH excluding ortho intramolecular Hbond substituents is 1. The lowest BCUT2D eigenvalue weighted by molar-refractivity contribution is 0.475. The summed E-state index contributed by atoms with van der Waals surface area (Å²) in [7, 11) is 0. The highest BCUT2D eigenvalue weighted by atomic mass is 79.9. The zero-order valence-electron chi connectivity index (χ0n) is 10.8. The molecule has 2 aromatic carbocycles. The fourth-order valence-corrected chi connectivity index (χ4v) is 2.97. The highest BCUT2D eigenvalue weighted by Crippen LogP contribution is 2.41. The number of hydrogen-bond acceptors (Lipinski definition) is 2. The minimum atomic E-state index is 0.276. The van der Waals surface area contributed by atoms with Gasteiger partial charge in [-0.25, -0.2) is 4.98 Å². The number of nitrogens with zero attached hydrogens (tertiary/aromatic N) is 2. The second kappa shape index (κ2) is 4.35. The number of imidazole rings is 1. The molecule has 3 aromatic rings. The van der Waals surface area contributed by atoms with Crippen LogP contribution < -0.4 is 0 Å². The quantitative estimate of drug-likeness (QED) is 0.751. The van der Waals surface area contributed by atoms with E-state index in [1.165, 1.54) is 12.8 Å². The molecular weight excluding hydrogens is 316 g/mol. The van der Waals surface area contributed by atoms with Gasteiger partial charge in [-0.2, -0.15) is 0 Å². The van der Waals surface area contributed by atoms with E-state index in [9.17, 15) is 5.11 Å². The van der Waals surface area contributed by atoms with Crippen molar-refractivity contribution in [1.29, 1.82) is 0 Å². The molecule has 0 spiro atoms. The standard InChI is InChI=1S/C16H13BrN2O/c17-11-4-7-15-14(9-11)18-16(19(15)12-5-6-12)10-2-1-3-13(20)8-10/h1-4,7-9,12,20H,5-6H2. The molecule has 1 aliphatic rings. The molecule has 1 saturated carbocycles. The van der Waals surface area contributed by atoms with Gasteiger partial charge < -0.3 is 9.67 Å². The molecule has 20 heavy (non-hydrogen) atoms. The van der Waals surface area contributed by atoms with Crippen molar-refractivity contribution in [2.75, 3.05) is 0 Å². The SMILES string of the molecule is Oc1cccc(-c2nc3cc(Br)ccc3n2C2CC2)c1. The fraction of sp³-hybridized carbons (Fsp3) is 0.188. The van der Waals surface area contributed by atoms with Crippen LogP contribution in [0.15, 0.2) is 46.9 Å². The average molecular weight is 329 g/mol. The van der Waals surface area contributed by atoms with Gasteiger partial charge in [-0.1, -0.05) is 28.1 Å². The Hall–Kier alpha value is -1.81. The van der Waals surface area contributed by atoms with Crippen LogP contribution in [0.3, 0.4) is 0 Å². The van der Waals surface area contributed by atoms with Gasteiger partial charge in [0, 0.05) is 16.1 Å². The van der Waals surface area contributed by atoms with Gasteiger partial charge in [-0.05, 0) is 43.2 Å². The normalized spacial score (nSPS) is 14.8. The van der Waals surface area contributed by atoms with Gasteiger partial charge >= 0.3 is 0 Å². The van der Waals surface area contributed by atoms with Crippen LogP contribution in [0.4, 0.5) is 0 Å². The van der Waals surface area contributed by atoms with Gasteiger partial charge in [0.05, 0.1) is 11.0 Å². The zero-order valence-corrected chi connectivity index (χ0v) is 12.3. The van der Waals surface area contributed by atoms with Gasteiger partial charge in [-0.3, -0.25) is 0 Å². The number of benzene rings is 2. The maximum atomic E-state index is 9.69. The van der Waals surface area contributed by atoms with Gasteiger partial charge in [0.15, 0.2) is 0 Å². The number of hydrogen-bond donors (Lipinski definition) is 1. The minimum Gasteiger partial charge on any atom is -0.508 e. The van der Waals surface area contributed by atoms with Crippen molar-refractivity contribution in [2.24, 2.45) is 0 Å². The first-order valence-corrected chi connectivity index (χ1v) is 7.48. The van der Waals surface area contributed by atoms with Crippen molar-refractivity contribution < 1.29 is 5.11 Å². The minimum absolute atomic E-state index is 0.276. The Kier molecular flexibility index (Phi) is 2.60. The smallest absolute Gasteiger partial charge is 0.141 e. The van der Waals surface area contributed by atoms with E-state index in [1.807, 2.05) is 18.2 Å². The van der Waals surface area contributed by atoms with E-state index < -0.39 is 0 Å². The number of phenols is 1. The van der Waals surface area contributed by atoms with Crippen LogP contribution in [0, 0.1) is 0 Å². The van der Waals surface area contributed by atoms with E-state index in [1.54, 1.807) is 12.1 Å². The maximum Gasteiger partial charge on any atom is 0.141 e. The van der Waals surface area contributed by atoms with Crippen molar-refractivity contribution >= 4 is 27.0 Å². The third kappa shape index (κ3) is 1.91. The Morgan fingerprint density at radius 2 is 2.00 bits per heavy atom. The predicted molar refractivity (Wildman–Crippen MR) is 82.8 cm³/mol. The van der Waals surface area contributed by atoms with Crippen LogP contribution in [-0.4, -0.2) is 14.7 Å². The van der Waals surface area contributed by atoms with E-state index in [4.69, 9.17) is 4.98 Å². The zero-order chi connectivity index (χ0) is 13.7. The number of fused-ring (bicyclic) bond motifs is 1. The summed E-state index contributed by atoms with van der Waals surface area (Å²) in [6.45, 7) is 0. The first-order valence-electron chi connectivity index (χ1n) is 6.69. The van der Waals surface area contributed by atoms with Gasteiger partial charge in [-0.15, -0.1) is 0 Å². The topological polar surface area (TPSA) is 38.1 Å². The molecule has 3 nitrogen and oxygen atoms in total. The molecule has 0 radical (unpaired) electrons. The van der Waals surface area contributed by atoms with E-state index in [2.05, 4.69) is 32.6 Å². The lowest BCUT2D eigenvalue weighted by Crippen LogP contribution is -1.97. The molecule has 100 valence electrons. The molecule has 1 heterocycles. The van der Waals surface area contributed by atoms with Crippen molar-refractivity contribution in [3.8, 4) is 17.1 Å². The monoisotopic (exact) mass is 328 g/mol. The molecule has 0 unspecified atom stereocenters. The first-order chi connectivity index (χ1) is 9.72. The molecule has 4 rings (SSSR count). The molecule has 0 aliphatic heterocycles. The highest BCUT2D eigenvalue weighted by Gasteiger charge is 2.28. The largest absolute Gasteiger partial charge is 0.508 e. The Bertz CT molecular complexity index is 805. The second-order valence-corrected chi connectivity index (χ2v) is 6.14. The van der Waals surface area contributed by atoms with Crippen molar-refractivity contribution in [2.45, 2.75) is 18.9 Å². The fourth-order valence-electron chi connectivity index (χ4n) is 2.62. The molecule has 1 aliphatic carbocycles. The van der Waals surface area contributed by atoms with E-state index >= 15 is 0 Å². The summed E-state index contributed by atoms with van der Waals surface area (Å²) < 4.78 is 3.34. The summed E-state index contributed by atoms with van der Waals surface area (Å²) >= 11 is 3.50. The van der Waals surface area contributed by atoms with E-state index in [0.717, 1.165) is 26.9 Å². The summed E-state index contributed by atoms with van der Waals surface area (Å²) in [5.74, 6) is 1.22. The van der Waals surface area contributed by atoms with Crippen LogP contribution in [0.5, 0.6) is 5.75 Å². The molecule has 1 aromatic heterocycles. The maximum absolute atomic E-state index is 9.69. The number of aromatic nitrogens is 2. The second-order valence-electron chi connectivity index (χ2n) is 5.22.